The monoisotopic (exact) mass is 413 g/mol. The lowest BCUT2D eigenvalue weighted by Gasteiger charge is -2.09. The van der Waals surface area contributed by atoms with Gasteiger partial charge in [0.1, 0.15) is 11.5 Å². The summed E-state index contributed by atoms with van der Waals surface area (Å²) in [5.74, 6) is 0.856. The number of aromatic nitrogens is 2. The number of anilines is 1. The van der Waals surface area contributed by atoms with Gasteiger partial charge in [-0.3, -0.25) is 0 Å². The molecule has 1 N–H and O–H groups in total. The Morgan fingerprint density at radius 2 is 1.88 bits per heavy atom. The molecule has 124 valence electrons. The Morgan fingerprint density at radius 1 is 1.12 bits per heavy atom. The number of nitrogens with one attached hydrogen (secondary N) is 1. The van der Waals surface area contributed by atoms with Gasteiger partial charge in [0, 0.05) is 12.1 Å². The zero-order valence-electron chi connectivity index (χ0n) is 12.2. The molecule has 3 aromatic rings. The van der Waals surface area contributed by atoms with Gasteiger partial charge in [-0.2, -0.15) is 18.3 Å². The van der Waals surface area contributed by atoms with Crippen LogP contribution in [0.5, 0.6) is 0 Å². The molecule has 0 fully saturated rings. The predicted molar refractivity (Wildman–Crippen MR) is 91.8 cm³/mol. The number of alkyl halides is 3. The van der Waals surface area contributed by atoms with Crippen LogP contribution in [0.4, 0.5) is 19.0 Å². The van der Waals surface area contributed by atoms with Crippen molar-refractivity contribution >= 4 is 33.1 Å². The second-order valence-electron chi connectivity index (χ2n) is 5.41. The van der Waals surface area contributed by atoms with Gasteiger partial charge in [-0.05, 0) is 58.7 Å². The fourth-order valence-corrected chi connectivity index (χ4v) is 4.19. The number of hydrogen-bond acceptors (Lipinski definition) is 3. The molecule has 0 bridgehead atoms. The van der Waals surface area contributed by atoms with E-state index in [-0.39, 0.29) is 0 Å². The third-order valence-corrected chi connectivity index (χ3v) is 5.53. The lowest BCUT2D eigenvalue weighted by atomic mass is 10.2. The van der Waals surface area contributed by atoms with Crippen LogP contribution in [-0.4, -0.2) is 16.3 Å². The normalized spacial score (nSPS) is 13.8. The van der Waals surface area contributed by atoms with Crippen molar-refractivity contribution in [2.75, 3.05) is 11.9 Å². The van der Waals surface area contributed by atoms with Crippen molar-refractivity contribution in [3.05, 3.63) is 51.3 Å². The number of benzene rings is 1. The van der Waals surface area contributed by atoms with Crippen LogP contribution in [0.15, 0.2) is 40.2 Å². The molecule has 0 amide bonds. The van der Waals surface area contributed by atoms with Gasteiger partial charge < -0.3 is 5.32 Å². The van der Waals surface area contributed by atoms with E-state index < -0.39 is 11.7 Å². The van der Waals surface area contributed by atoms with E-state index in [2.05, 4.69) is 26.3 Å². The van der Waals surface area contributed by atoms with Gasteiger partial charge in [-0.25, -0.2) is 4.68 Å². The molecule has 2 aromatic heterocycles. The average molecular weight is 414 g/mol. The SMILES string of the molecule is FC(F)(F)c1ccc(-n2nc(-c3ccc(Br)s3)c3c2NCC3)cc1. The molecule has 4 rings (SSSR count). The Balaban J connectivity index is 1.79. The van der Waals surface area contributed by atoms with Gasteiger partial charge in [-0.1, -0.05) is 0 Å². The summed E-state index contributed by atoms with van der Waals surface area (Å²) >= 11 is 5.04. The molecule has 0 aliphatic carbocycles. The molecular formula is C16H11BrF3N3S. The van der Waals surface area contributed by atoms with E-state index in [1.54, 1.807) is 16.0 Å². The summed E-state index contributed by atoms with van der Waals surface area (Å²) in [6.07, 6.45) is -3.49. The van der Waals surface area contributed by atoms with E-state index >= 15 is 0 Å². The van der Waals surface area contributed by atoms with Gasteiger partial charge in [0.05, 0.1) is 19.9 Å². The number of hydrogen-bond donors (Lipinski definition) is 1. The molecule has 24 heavy (non-hydrogen) atoms. The van der Waals surface area contributed by atoms with Gasteiger partial charge in [0.15, 0.2) is 0 Å². The fourth-order valence-electron chi connectivity index (χ4n) is 2.79. The Labute approximate surface area is 148 Å². The standard InChI is InChI=1S/C16H11BrF3N3S/c17-13-6-5-12(24-13)14-11-7-8-21-15(11)23(22-14)10-3-1-9(2-4-10)16(18,19)20/h1-6,21H,7-8H2. The van der Waals surface area contributed by atoms with Crippen LogP contribution < -0.4 is 5.32 Å². The highest BCUT2D eigenvalue weighted by molar-refractivity contribution is 9.11. The van der Waals surface area contributed by atoms with Gasteiger partial charge >= 0.3 is 6.18 Å². The molecule has 8 heteroatoms. The molecule has 1 aliphatic rings. The minimum Gasteiger partial charge on any atom is -0.369 e. The van der Waals surface area contributed by atoms with Crippen molar-refractivity contribution in [3.8, 4) is 16.3 Å². The summed E-state index contributed by atoms with van der Waals surface area (Å²) in [7, 11) is 0. The number of thiophene rings is 1. The van der Waals surface area contributed by atoms with Gasteiger partial charge in [0.2, 0.25) is 0 Å². The quantitative estimate of drug-likeness (QED) is 0.613. The van der Waals surface area contributed by atoms with Gasteiger partial charge in [0.25, 0.3) is 0 Å². The predicted octanol–water partition coefficient (Wildman–Crippen LogP) is 5.35. The largest absolute Gasteiger partial charge is 0.416 e. The van der Waals surface area contributed by atoms with Crippen molar-refractivity contribution in [2.24, 2.45) is 0 Å². The van der Waals surface area contributed by atoms with E-state index in [1.165, 1.54) is 12.1 Å². The molecule has 0 unspecified atom stereocenters. The van der Waals surface area contributed by atoms with Crippen molar-refractivity contribution < 1.29 is 13.2 Å². The summed E-state index contributed by atoms with van der Waals surface area (Å²) in [6, 6.07) is 9.02. The summed E-state index contributed by atoms with van der Waals surface area (Å²) in [5, 5.41) is 7.92. The van der Waals surface area contributed by atoms with Crippen LogP contribution in [0.25, 0.3) is 16.3 Å². The topological polar surface area (TPSA) is 29.9 Å². The van der Waals surface area contributed by atoms with Crippen LogP contribution in [0.1, 0.15) is 11.1 Å². The first-order chi connectivity index (χ1) is 11.4. The third kappa shape index (κ3) is 2.63. The molecular weight excluding hydrogens is 403 g/mol. The molecule has 3 nitrogen and oxygen atoms in total. The van der Waals surface area contributed by atoms with E-state index in [4.69, 9.17) is 0 Å². The molecule has 1 aliphatic heterocycles. The third-order valence-electron chi connectivity index (χ3n) is 3.90. The molecule has 3 heterocycles. The van der Waals surface area contributed by atoms with Crippen LogP contribution in [0, 0.1) is 0 Å². The second-order valence-corrected chi connectivity index (χ2v) is 7.88. The van der Waals surface area contributed by atoms with E-state index in [0.29, 0.717) is 5.69 Å². The van der Waals surface area contributed by atoms with Crippen LogP contribution in [0.3, 0.4) is 0 Å². The molecule has 1 aromatic carbocycles. The number of nitrogens with zero attached hydrogens (tertiary/aromatic N) is 2. The molecule has 0 saturated heterocycles. The minimum absolute atomic E-state index is 0.607. The number of fused-ring (bicyclic) bond motifs is 1. The van der Waals surface area contributed by atoms with Gasteiger partial charge in [-0.15, -0.1) is 11.3 Å². The summed E-state index contributed by atoms with van der Waals surface area (Å²) < 4.78 is 40.9. The maximum absolute atomic E-state index is 12.7. The summed E-state index contributed by atoms with van der Waals surface area (Å²) in [6.45, 7) is 0.799. The minimum atomic E-state index is -4.34. The fraction of sp³-hybridized carbons (Fsp3) is 0.188. The molecule has 0 saturated carbocycles. The summed E-state index contributed by atoms with van der Waals surface area (Å²) in [4.78, 5) is 1.03. The smallest absolute Gasteiger partial charge is 0.369 e. The molecule has 0 radical (unpaired) electrons. The zero-order valence-corrected chi connectivity index (χ0v) is 14.6. The maximum Gasteiger partial charge on any atom is 0.416 e. The second kappa shape index (κ2) is 5.63. The molecule has 0 spiro atoms. The van der Waals surface area contributed by atoms with E-state index in [1.807, 2.05) is 12.1 Å². The Morgan fingerprint density at radius 3 is 2.50 bits per heavy atom. The first-order valence-corrected chi connectivity index (χ1v) is 8.83. The lowest BCUT2D eigenvalue weighted by molar-refractivity contribution is -0.137. The number of halogens is 4. The highest BCUT2D eigenvalue weighted by Crippen LogP contribution is 2.39. The van der Waals surface area contributed by atoms with Crippen molar-refractivity contribution in [2.45, 2.75) is 12.6 Å². The zero-order chi connectivity index (χ0) is 16.9. The van der Waals surface area contributed by atoms with E-state index in [9.17, 15) is 13.2 Å². The highest BCUT2D eigenvalue weighted by Gasteiger charge is 2.30. The Kier molecular flexibility index (Phi) is 3.69. The number of rotatable bonds is 2. The maximum atomic E-state index is 12.7. The Hall–Kier alpha value is -1.80. The van der Waals surface area contributed by atoms with Crippen LogP contribution in [-0.2, 0) is 12.6 Å². The Bertz CT molecular complexity index is 896. The van der Waals surface area contributed by atoms with Crippen molar-refractivity contribution in [1.29, 1.82) is 0 Å². The lowest BCUT2D eigenvalue weighted by Crippen LogP contribution is -2.07. The molecule has 0 atom stereocenters. The van der Waals surface area contributed by atoms with Crippen molar-refractivity contribution in [1.82, 2.24) is 9.78 Å². The highest BCUT2D eigenvalue weighted by atomic mass is 79.9. The van der Waals surface area contributed by atoms with Crippen LogP contribution in [0.2, 0.25) is 0 Å². The first-order valence-electron chi connectivity index (χ1n) is 7.22. The van der Waals surface area contributed by atoms with E-state index in [0.717, 1.165) is 50.8 Å². The van der Waals surface area contributed by atoms with Crippen molar-refractivity contribution in [3.63, 3.8) is 0 Å². The average Bonchev–Trinajstić information content (AvgIpc) is 3.22. The first kappa shape index (κ1) is 15.7. The van der Waals surface area contributed by atoms with Crippen LogP contribution >= 0.6 is 27.3 Å². The summed E-state index contributed by atoms with van der Waals surface area (Å²) in [5.41, 5.74) is 1.93.